The molecule has 168 valence electrons. The Kier molecular flexibility index (Phi) is 8.01. The number of pyridine rings is 1. The number of sulfonamides is 1. The summed E-state index contributed by atoms with van der Waals surface area (Å²) in [6.07, 6.45) is 5.09. The van der Waals surface area contributed by atoms with Crippen molar-refractivity contribution in [2.45, 2.75) is 43.5 Å². The molecule has 0 spiro atoms. The van der Waals surface area contributed by atoms with E-state index in [0.717, 1.165) is 22.3 Å². The number of carboxylic acid groups (broad SMARTS) is 1. The number of halogens is 1. The number of carbonyl (C=O) groups is 1. The van der Waals surface area contributed by atoms with Crippen LogP contribution in [-0.4, -0.2) is 30.5 Å². The molecule has 1 unspecified atom stereocenters. The summed E-state index contributed by atoms with van der Waals surface area (Å²) < 4.78 is 28.0. The van der Waals surface area contributed by atoms with E-state index in [0.29, 0.717) is 24.3 Å². The predicted molar refractivity (Wildman–Crippen MR) is 124 cm³/mol. The van der Waals surface area contributed by atoms with Crippen LogP contribution in [0.3, 0.4) is 0 Å². The number of nitrogens with one attached hydrogen (secondary N) is 1. The Bertz CT molecular complexity index is 1170. The van der Waals surface area contributed by atoms with Gasteiger partial charge in [0.05, 0.1) is 4.90 Å². The van der Waals surface area contributed by atoms with Crippen LogP contribution in [0.2, 0.25) is 5.02 Å². The number of carboxylic acids is 1. The molecule has 0 saturated heterocycles. The molecule has 3 rings (SSSR count). The number of hydrogen-bond donors (Lipinski definition) is 2. The molecule has 8 heteroatoms. The zero-order valence-electron chi connectivity index (χ0n) is 17.7. The molecule has 3 aromatic rings. The second-order valence-electron chi connectivity index (χ2n) is 7.77. The van der Waals surface area contributed by atoms with Crippen LogP contribution >= 0.6 is 11.6 Å². The summed E-state index contributed by atoms with van der Waals surface area (Å²) in [6, 6.07) is 15.5. The Balaban J connectivity index is 1.78. The fourth-order valence-corrected chi connectivity index (χ4v) is 4.90. The quantitative estimate of drug-likeness (QED) is 0.459. The van der Waals surface area contributed by atoms with E-state index in [2.05, 4.69) is 9.71 Å². The van der Waals surface area contributed by atoms with Crippen LogP contribution in [-0.2, 0) is 34.1 Å². The molecule has 0 radical (unpaired) electrons. The molecule has 0 bridgehead atoms. The molecule has 6 nitrogen and oxygen atoms in total. The number of rotatable bonds is 10. The van der Waals surface area contributed by atoms with Gasteiger partial charge in [-0.15, -0.1) is 0 Å². The Hall–Kier alpha value is -2.74. The lowest BCUT2D eigenvalue weighted by atomic mass is 9.96. The van der Waals surface area contributed by atoms with E-state index >= 15 is 0 Å². The van der Waals surface area contributed by atoms with Gasteiger partial charge in [-0.3, -0.25) is 9.78 Å². The van der Waals surface area contributed by atoms with Gasteiger partial charge in [-0.1, -0.05) is 35.9 Å². The van der Waals surface area contributed by atoms with Crippen LogP contribution in [0, 0.1) is 0 Å². The summed E-state index contributed by atoms with van der Waals surface area (Å²) in [5.74, 6) is -0.853. The first-order chi connectivity index (χ1) is 15.2. The smallest absolute Gasteiger partial charge is 0.303 e. The van der Waals surface area contributed by atoms with Gasteiger partial charge >= 0.3 is 5.97 Å². The summed E-state index contributed by atoms with van der Waals surface area (Å²) in [7, 11) is -3.68. The third kappa shape index (κ3) is 7.15. The highest BCUT2D eigenvalue weighted by Crippen LogP contribution is 2.19. The molecule has 0 saturated carbocycles. The predicted octanol–water partition coefficient (Wildman–Crippen LogP) is 4.25. The summed E-state index contributed by atoms with van der Waals surface area (Å²) >= 11 is 5.85. The van der Waals surface area contributed by atoms with E-state index in [1.165, 1.54) is 24.3 Å². The Morgan fingerprint density at radius 3 is 2.41 bits per heavy atom. The maximum atomic E-state index is 12.7. The van der Waals surface area contributed by atoms with Gasteiger partial charge < -0.3 is 5.11 Å². The molecule has 0 fully saturated rings. The van der Waals surface area contributed by atoms with Gasteiger partial charge in [0.1, 0.15) is 0 Å². The molecule has 2 N–H and O–H groups in total. The molecule has 0 amide bonds. The lowest BCUT2D eigenvalue weighted by Crippen LogP contribution is -2.34. The summed E-state index contributed by atoms with van der Waals surface area (Å²) in [6.45, 7) is 1.80. The first-order valence-corrected chi connectivity index (χ1v) is 12.1. The van der Waals surface area contributed by atoms with Gasteiger partial charge in [0.2, 0.25) is 10.0 Å². The molecule has 1 aromatic heterocycles. The largest absolute Gasteiger partial charge is 0.481 e. The van der Waals surface area contributed by atoms with Crippen molar-refractivity contribution in [3.05, 3.63) is 94.3 Å². The summed E-state index contributed by atoms with van der Waals surface area (Å²) in [4.78, 5) is 15.3. The molecule has 1 heterocycles. The van der Waals surface area contributed by atoms with E-state index in [-0.39, 0.29) is 17.4 Å². The van der Waals surface area contributed by atoms with E-state index in [1.54, 1.807) is 19.3 Å². The van der Waals surface area contributed by atoms with Gasteiger partial charge in [0, 0.05) is 29.9 Å². The van der Waals surface area contributed by atoms with Crippen LogP contribution in [0.15, 0.2) is 71.9 Å². The highest BCUT2D eigenvalue weighted by Gasteiger charge is 2.18. The zero-order chi connectivity index (χ0) is 23.1. The minimum Gasteiger partial charge on any atom is -0.481 e. The van der Waals surface area contributed by atoms with Crippen molar-refractivity contribution >= 4 is 27.6 Å². The second-order valence-corrected chi connectivity index (χ2v) is 9.92. The Morgan fingerprint density at radius 1 is 1.06 bits per heavy atom. The summed E-state index contributed by atoms with van der Waals surface area (Å²) in [5, 5.41) is 9.52. The number of aromatic nitrogens is 1. The van der Waals surface area contributed by atoms with Crippen molar-refractivity contribution in [2.24, 2.45) is 0 Å². The highest BCUT2D eigenvalue weighted by atomic mass is 35.5. The maximum Gasteiger partial charge on any atom is 0.303 e. The molecular formula is C24H25ClN2O4S. The number of nitrogens with zero attached hydrogens (tertiary/aromatic N) is 1. The molecule has 2 aromatic carbocycles. The monoisotopic (exact) mass is 472 g/mol. The lowest BCUT2D eigenvalue weighted by Gasteiger charge is -2.16. The lowest BCUT2D eigenvalue weighted by molar-refractivity contribution is -0.136. The maximum absolute atomic E-state index is 12.7. The van der Waals surface area contributed by atoms with Crippen LogP contribution in [0.5, 0.6) is 0 Å². The topological polar surface area (TPSA) is 96.4 Å². The van der Waals surface area contributed by atoms with Crippen LogP contribution in [0.1, 0.15) is 35.6 Å². The van der Waals surface area contributed by atoms with Crippen LogP contribution in [0.25, 0.3) is 0 Å². The van der Waals surface area contributed by atoms with Gasteiger partial charge in [0.25, 0.3) is 0 Å². The first kappa shape index (κ1) is 23.9. The highest BCUT2D eigenvalue weighted by molar-refractivity contribution is 7.89. The van der Waals surface area contributed by atoms with Gasteiger partial charge in [0.15, 0.2) is 0 Å². The van der Waals surface area contributed by atoms with Crippen LogP contribution in [0.4, 0.5) is 0 Å². The fraction of sp³-hybridized carbons (Fsp3) is 0.250. The number of aliphatic carboxylic acids is 1. The normalized spacial score (nSPS) is 12.4. The molecular weight excluding hydrogens is 448 g/mol. The average Bonchev–Trinajstić information content (AvgIpc) is 2.72. The third-order valence-corrected chi connectivity index (χ3v) is 6.75. The van der Waals surface area contributed by atoms with Gasteiger partial charge in [-0.25, -0.2) is 13.1 Å². The van der Waals surface area contributed by atoms with Crippen molar-refractivity contribution in [1.82, 2.24) is 9.71 Å². The second kappa shape index (κ2) is 10.7. The average molecular weight is 473 g/mol. The molecule has 32 heavy (non-hydrogen) atoms. The van der Waals surface area contributed by atoms with E-state index in [1.807, 2.05) is 30.3 Å². The zero-order valence-corrected chi connectivity index (χ0v) is 19.2. The number of hydrogen-bond acceptors (Lipinski definition) is 4. The third-order valence-electron chi connectivity index (χ3n) is 4.89. The molecule has 0 aliphatic heterocycles. The van der Waals surface area contributed by atoms with Gasteiger partial charge in [-0.2, -0.15) is 0 Å². The van der Waals surface area contributed by atoms with Crippen molar-refractivity contribution in [1.29, 1.82) is 0 Å². The van der Waals surface area contributed by atoms with E-state index < -0.39 is 16.0 Å². The fourth-order valence-electron chi connectivity index (χ4n) is 3.54. The van der Waals surface area contributed by atoms with Gasteiger partial charge in [-0.05, 0) is 78.8 Å². The minimum atomic E-state index is -3.68. The van der Waals surface area contributed by atoms with E-state index in [4.69, 9.17) is 16.7 Å². The first-order valence-electron chi connectivity index (χ1n) is 10.2. The van der Waals surface area contributed by atoms with Crippen molar-refractivity contribution in [3.63, 3.8) is 0 Å². The Labute approximate surface area is 193 Å². The molecule has 1 atom stereocenters. The Morgan fingerprint density at radius 2 is 1.75 bits per heavy atom. The van der Waals surface area contributed by atoms with Crippen molar-refractivity contribution < 1.29 is 18.3 Å². The van der Waals surface area contributed by atoms with Crippen molar-refractivity contribution in [2.75, 3.05) is 0 Å². The molecule has 0 aliphatic rings. The van der Waals surface area contributed by atoms with Crippen molar-refractivity contribution in [3.8, 4) is 0 Å². The standard InChI is InChI=1S/C24H25ClN2O4S/c1-17(27-32(30,31)23-7-5-22(25)6-8-23)11-20-12-18(4-9-24(28)29)13-21(15-20)14-19-3-2-10-26-16-19/h2-3,5-8,10,12-13,15-17,27H,4,9,11,14H2,1H3,(H,28,29). The van der Waals surface area contributed by atoms with E-state index in [9.17, 15) is 13.2 Å². The minimum absolute atomic E-state index is 0.0362. The number of benzene rings is 2. The van der Waals surface area contributed by atoms with Crippen LogP contribution < -0.4 is 4.72 Å². The summed E-state index contributed by atoms with van der Waals surface area (Å²) in [5.41, 5.74) is 3.93. The number of aryl methyl sites for hydroxylation is 1. The molecule has 0 aliphatic carbocycles. The SMILES string of the molecule is CC(Cc1cc(CCC(=O)O)cc(Cc2cccnc2)c1)NS(=O)(=O)c1ccc(Cl)cc1.